The SMILES string of the molecule is Cc1nc(N(C)Cc2ccccc2F)ccc1CCl. The molecular weight excluding hydrogens is 263 g/mol. The van der Waals surface area contributed by atoms with Crippen molar-refractivity contribution in [2.24, 2.45) is 0 Å². The zero-order chi connectivity index (χ0) is 13.8. The molecule has 0 aliphatic carbocycles. The Kier molecular flexibility index (Phi) is 4.38. The molecule has 19 heavy (non-hydrogen) atoms. The minimum atomic E-state index is -0.191. The molecule has 0 spiro atoms. The van der Waals surface area contributed by atoms with Gasteiger partial charge in [0.05, 0.1) is 0 Å². The number of nitrogens with zero attached hydrogens (tertiary/aromatic N) is 2. The first-order valence-corrected chi connectivity index (χ1v) is 6.62. The van der Waals surface area contributed by atoms with Crippen LogP contribution in [-0.4, -0.2) is 12.0 Å². The summed E-state index contributed by atoms with van der Waals surface area (Å²) in [6.45, 7) is 2.41. The van der Waals surface area contributed by atoms with Crippen molar-refractivity contribution >= 4 is 17.4 Å². The number of rotatable bonds is 4. The molecule has 0 fully saturated rings. The number of hydrogen-bond donors (Lipinski definition) is 0. The van der Waals surface area contributed by atoms with Gasteiger partial charge in [0, 0.05) is 30.7 Å². The fraction of sp³-hybridized carbons (Fsp3) is 0.267. The van der Waals surface area contributed by atoms with Gasteiger partial charge in [-0.25, -0.2) is 9.37 Å². The maximum atomic E-state index is 13.6. The zero-order valence-electron chi connectivity index (χ0n) is 11.0. The lowest BCUT2D eigenvalue weighted by Crippen LogP contribution is -2.19. The van der Waals surface area contributed by atoms with Crippen LogP contribution in [0.5, 0.6) is 0 Å². The Morgan fingerprint density at radius 1 is 1.16 bits per heavy atom. The monoisotopic (exact) mass is 278 g/mol. The topological polar surface area (TPSA) is 16.1 Å². The third kappa shape index (κ3) is 3.24. The molecule has 1 aromatic heterocycles. The number of halogens is 2. The Hall–Kier alpha value is -1.61. The number of alkyl halides is 1. The normalized spacial score (nSPS) is 10.5. The lowest BCUT2D eigenvalue weighted by Gasteiger charge is -2.19. The standard InChI is InChI=1S/C15H16ClFN2/c1-11-12(9-16)7-8-15(18-11)19(2)10-13-5-3-4-6-14(13)17/h3-8H,9-10H2,1-2H3. The molecule has 0 atom stereocenters. The van der Waals surface area contributed by atoms with Gasteiger partial charge in [0.1, 0.15) is 11.6 Å². The summed E-state index contributed by atoms with van der Waals surface area (Å²) >= 11 is 5.81. The van der Waals surface area contributed by atoms with E-state index < -0.39 is 0 Å². The Morgan fingerprint density at radius 3 is 2.53 bits per heavy atom. The highest BCUT2D eigenvalue weighted by molar-refractivity contribution is 6.17. The second-order valence-electron chi connectivity index (χ2n) is 4.50. The van der Waals surface area contributed by atoms with Crippen molar-refractivity contribution in [2.45, 2.75) is 19.3 Å². The summed E-state index contributed by atoms with van der Waals surface area (Å²) in [5.41, 5.74) is 2.59. The average Bonchev–Trinajstić information content (AvgIpc) is 2.41. The van der Waals surface area contributed by atoms with Gasteiger partial charge in [-0.05, 0) is 24.6 Å². The average molecular weight is 279 g/mol. The number of hydrogen-bond acceptors (Lipinski definition) is 2. The number of aromatic nitrogens is 1. The van der Waals surface area contributed by atoms with E-state index in [1.165, 1.54) is 6.07 Å². The molecule has 0 saturated heterocycles. The summed E-state index contributed by atoms with van der Waals surface area (Å²) < 4.78 is 13.6. The van der Waals surface area contributed by atoms with E-state index in [1.807, 2.05) is 37.1 Å². The molecule has 0 amide bonds. The summed E-state index contributed by atoms with van der Waals surface area (Å²) in [5.74, 6) is 1.08. The molecule has 1 aromatic carbocycles. The third-order valence-corrected chi connectivity index (χ3v) is 3.37. The highest BCUT2D eigenvalue weighted by atomic mass is 35.5. The Labute approximate surface area is 117 Å². The minimum Gasteiger partial charge on any atom is -0.355 e. The molecule has 0 aliphatic rings. The van der Waals surface area contributed by atoms with E-state index in [9.17, 15) is 4.39 Å². The quantitative estimate of drug-likeness (QED) is 0.789. The van der Waals surface area contributed by atoms with Crippen LogP contribution in [0.1, 0.15) is 16.8 Å². The number of anilines is 1. The van der Waals surface area contributed by atoms with E-state index in [2.05, 4.69) is 4.98 Å². The first kappa shape index (κ1) is 13.8. The van der Waals surface area contributed by atoms with Crippen molar-refractivity contribution in [2.75, 3.05) is 11.9 Å². The van der Waals surface area contributed by atoms with E-state index in [0.29, 0.717) is 18.0 Å². The highest BCUT2D eigenvalue weighted by Gasteiger charge is 2.08. The Bertz CT molecular complexity index is 572. The third-order valence-electron chi connectivity index (χ3n) is 3.08. The zero-order valence-corrected chi connectivity index (χ0v) is 11.8. The van der Waals surface area contributed by atoms with Crippen LogP contribution in [0.2, 0.25) is 0 Å². The van der Waals surface area contributed by atoms with Crippen LogP contribution in [0, 0.1) is 12.7 Å². The molecule has 0 unspecified atom stereocenters. The van der Waals surface area contributed by atoms with Gasteiger partial charge in [0.2, 0.25) is 0 Å². The lowest BCUT2D eigenvalue weighted by molar-refractivity contribution is 0.607. The van der Waals surface area contributed by atoms with E-state index in [-0.39, 0.29) is 5.82 Å². The Morgan fingerprint density at radius 2 is 1.89 bits per heavy atom. The first-order chi connectivity index (χ1) is 9.11. The van der Waals surface area contributed by atoms with Crippen molar-refractivity contribution in [1.82, 2.24) is 4.98 Å². The fourth-order valence-electron chi connectivity index (χ4n) is 1.89. The summed E-state index contributed by atoms with van der Waals surface area (Å²) in [7, 11) is 1.90. The largest absolute Gasteiger partial charge is 0.355 e. The lowest BCUT2D eigenvalue weighted by atomic mass is 10.2. The van der Waals surface area contributed by atoms with Crippen LogP contribution in [0.25, 0.3) is 0 Å². The van der Waals surface area contributed by atoms with Gasteiger partial charge >= 0.3 is 0 Å². The molecule has 2 aromatic rings. The van der Waals surface area contributed by atoms with E-state index in [0.717, 1.165) is 17.1 Å². The van der Waals surface area contributed by atoms with Gasteiger partial charge in [-0.3, -0.25) is 0 Å². The van der Waals surface area contributed by atoms with Crippen LogP contribution in [-0.2, 0) is 12.4 Å². The van der Waals surface area contributed by atoms with Gasteiger partial charge in [-0.15, -0.1) is 11.6 Å². The van der Waals surface area contributed by atoms with Crippen LogP contribution in [0.3, 0.4) is 0 Å². The van der Waals surface area contributed by atoms with Crippen molar-refractivity contribution < 1.29 is 4.39 Å². The van der Waals surface area contributed by atoms with E-state index in [1.54, 1.807) is 12.1 Å². The molecule has 0 bridgehead atoms. The van der Waals surface area contributed by atoms with Crippen molar-refractivity contribution in [3.8, 4) is 0 Å². The van der Waals surface area contributed by atoms with Crippen molar-refractivity contribution in [3.63, 3.8) is 0 Å². The van der Waals surface area contributed by atoms with Crippen LogP contribution in [0.15, 0.2) is 36.4 Å². The smallest absolute Gasteiger partial charge is 0.128 e. The second-order valence-corrected chi connectivity index (χ2v) is 4.76. The molecule has 4 heteroatoms. The number of aryl methyl sites for hydroxylation is 1. The summed E-state index contributed by atoms with van der Waals surface area (Å²) in [6, 6.07) is 10.6. The predicted molar refractivity (Wildman–Crippen MR) is 77.0 cm³/mol. The van der Waals surface area contributed by atoms with Crippen LogP contribution < -0.4 is 4.90 Å². The van der Waals surface area contributed by atoms with Gasteiger partial charge < -0.3 is 4.90 Å². The minimum absolute atomic E-state index is 0.191. The van der Waals surface area contributed by atoms with Gasteiger partial charge in [0.25, 0.3) is 0 Å². The van der Waals surface area contributed by atoms with Gasteiger partial charge in [-0.1, -0.05) is 24.3 Å². The maximum absolute atomic E-state index is 13.6. The maximum Gasteiger partial charge on any atom is 0.128 e. The van der Waals surface area contributed by atoms with Crippen LogP contribution >= 0.6 is 11.6 Å². The summed E-state index contributed by atoms with van der Waals surface area (Å²) in [4.78, 5) is 6.41. The number of pyridine rings is 1. The Balaban J connectivity index is 2.18. The van der Waals surface area contributed by atoms with Crippen LogP contribution in [0.4, 0.5) is 10.2 Å². The molecule has 0 saturated carbocycles. The molecule has 2 rings (SSSR count). The van der Waals surface area contributed by atoms with Gasteiger partial charge in [0.15, 0.2) is 0 Å². The van der Waals surface area contributed by atoms with E-state index in [4.69, 9.17) is 11.6 Å². The fourth-order valence-corrected chi connectivity index (χ4v) is 2.18. The highest BCUT2D eigenvalue weighted by Crippen LogP contribution is 2.18. The van der Waals surface area contributed by atoms with Gasteiger partial charge in [-0.2, -0.15) is 0 Å². The summed E-state index contributed by atoms with van der Waals surface area (Å²) in [6.07, 6.45) is 0. The molecule has 0 N–H and O–H groups in total. The molecule has 0 aliphatic heterocycles. The van der Waals surface area contributed by atoms with Crippen molar-refractivity contribution in [1.29, 1.82) is 0 Å². The first-order valence-electron chi connectivity index (χ1n) is 6.09. The van der Waals surface area contributed by atoms with Crippen molar-refractivity contribution in [3.05, 3.63) is 59.0 Å². The predicted octanol–water partition coefficient (Wildman–Crippen LogP) is 3.90. The molecular formula is C15H16ClFN2. The molecule has 2 nitrogen and oxygen atoms in total. The second kappa shape index (κ2) is 6.02. The molecule has 0 radical (unpaired) electrons. The molecule has 1 heterocycles. The summed E-state index contributed by atoms with van der Waals surface area (Å²) in [5, 5.41) is 0. The molecule has 100 valence electrons. The number of benzene rings is 1. The van der Waals surface area contributed by atoms with E-state index >= 15 is 0 Å².